The molecule has 1 aliphatic rings. The molecule has 1 atom stereocenters. The second kappa shape index (κ2) is 9.66. The number of benzene rings is 1. The van der Waals surface area contributed by atoms with Gasteiger partial charge in [-0.15, -0.1) is 0 Å². The summed E-state index contributed by atoms with van der Waals surface area (Å²) in [5, 5.41) is 4.02. The first kappa shape index (κ1) is 19.6. The lowest BCUT2D eigenvalue weighted by atomic mass is 10.00. The van der Waals surface area contributed by atoms with Crippen molar-refractivity contribution in [2.24, 2.45) is 10.9 Å². The van der Waals surface area contributed by atoms with Crippen molar-refractivity contribution in [3.05, 3.63) is 34.9 Å². The second-order valence-corrected chi connectivity index (χ2v) is 7.17. The summed E-state index contributed by atoms with van der Waals surface area (Å²) in [7, 11) is 3.71. The minimum atomic E-state index is 0.225. The molecule has 6 heteroatoms. The number of piperidine rings is 1. The second-order valence-electron chi connectivity index (χ2n) is 6.76. The Balaban J connectivity index is 1.79. The van der Waals surface area contributed by atoms with Gasteiger partial charge in [0.25, 0.3) is 0 Å². The van der Waals surface area contributed by atoms with Crippen LogP contribution in [0, 0.1) is 5.92 Å². The zero-order valence-electron chi connectivity index (χ0n) is 15.5. The maximum atomic E-state index is 12.3. The van der Waals surface area contributed by atoms with Gasteiger partial charge in [0.05, 0.1) is 0 Å². The smallest absolute Gasteiger partial charge is 0.224 e. The molecule has 138 valence electrons. The number of halogens is 1. The van der Waals surface area contributed by atoms with Gasteiger partial charge in [-0.3, -0.25) is 9.79 Å². The van der Waals surface area contributed by atoms with E-state index in [1.165, 1.54) is 6.42 Å². The quantitative estimate of drug-likeness (QED) is 0.645. The van der Waals surface area contributed by atoms with Crippen LogP contribution in [0.4, 0.5) is 0 Å². The standard InChI is InChI=1S/C19H29ClN4O/c1-15-7-6-12-24(13-15)18(25)10-11-22-19(21-2)23(3)14-16-8-4-5-9-17(16)20/h4-5,8-9,15H,6-7,10-14H2,1-3H3,(H,21,22). The first-order chi connectivity index (χ1) is 12.0. The molecule has 1 amide bonds. The summed E-state index contributed by atoms with van der Waals surface area (Å²) in [4.78, 5) is 20.6. The van der Waals surface area contributed by atoms with E-state index in [-0.39, 0.29) is 5.91 Å². The molecule has 1 saturated heterocycles. The van der Waals surface area contributed by atoms with Gasteiger partial charge in [-0.1, -0.05) is 36.7 Å². The highest BCUT2D eigenvalue weighted by Gasteiger charge is 2.20. The number of hydrogen-bond acceptors (Lipinski definition) is 2. The minimum absolute atomic E-state index is 0.225. The maximum absolute atomic E-state index is 12.3. The lowest BCUT2D eigenvalue weighted by Gasteiger charge is -2.31. The molecule has 0 radical (unpaired) electrons. The third kappa shape index (κ3) is 5.92. The van der Waals surface area contributed by atoms with Crippen LogP contribution in [0.25, 0.3) is 0 Å². The SMILES string of the molecule is CN=C(NCCC(=O)N1CCCC(C)C1)N(C)Cc1ccccc1Cl. The van der Waals surface area contributed by atoms with Gasteiger partial charge in [-0.05, 0) is 30.4 Å². The Hall–Kier alpha value is -1.75. The molecule has 0 aliphatic carbocycles. The molecule has 1 unspecified atom stereocenters. The number of amides is 1. The predicted molar refractivity (Wildman–Crippen MR) is 104 cm³/mol. The van der Waals surface area contributed by atoms with E-state index in [4.69, 9.17) is 11.6 Å². The number of rotatable bonds is 5. The van der Waals surface area contributed by atoms with Crippen LogP contribution in [-0.2, 0) is 11.3 Å². The molecule has 0 bridgehead atoms. The largest absolute Gasteiger partial charge is 0.356 e. The van der Waals surface area contributed by atoms with Crippen LogP contribution in [0.2, 0.25) is 5.02 Å². The number of likely N-dealkylation sites (tertiary alicyclic amines) is 1. The predicted octanol–water partition coefficient (Wildman–Crippen LogP) is 3.00. The molecule has 0 aromatic heterocycles. The van der Waals surface area contributed by atoms with Crippen LogP contribution >= 0.6 is 11.6 Å². The Kier molecular flexibility index (Phi) is 7.56. The normalized spacial score (nSPS) is 18.2. The zero-order valence-corrected chi connectivity index (χ0v) is 16.2. The Bertz CT molecular complexity index is 605. The number of guanidine groups is 1. The summed E-state index contributed by atoms with van der Waals surface area (Å²) in [5.41, 5.74) is 1.05. The van der Waals surface area contributed by atoms with E-state index in [9.17, 15) is 4.79 Å². The van der Waals surface area contributed by atoms with Crippen LogP contribution in [0.3, 0.4) is 0 Å². The monoisotopic (exact) mass is 364 g/mol. The van der Waals surface area contributed by atoms with E-state index in [0.29, 0.717) is 25.4 Å². The fraction of sp³-hybridized carbons (Fsp3) is 0.579. The van der Waals surface area contributed by atoms with Gasteiger partial charge in [0.15, 0.2) is 5.96 Å². The van der Waals surface area contributed by atoms with Crippen LogP contribution in [-0.4, -0.2) is 55.4 Å². The van der Waals surface area contributed by atoms with Crippen molar-refractivity contribution in [1.29, 1.82) is 0 Å². The Morgan fingerprint density at radius 2 is 2.20 bits per heavy atom. The van der Waals surface area contributed by atoms with Crippen LogP contribution in [0.5, 0.6) is 0 Å². The number of nitrogens with zero attached hydrogens (tertiary/aromatic N) is 3. The molecule has 2 rings (SSSR count). The summed E-state index contributed by atoms with van der Waals surface area (Å²) in [6.45, 7) is 5.24. The molecule has 1 fully saturated rings. The van der Waals surface area contributed by atoms with E-state index < -0.39 is 0 Å². The summed E-state index contributed by atoms with van der Waals surface area (Å²) in [6.07, 6.45) is 2.83. The summed E-state index contributed by atoms with van der Waals surface area (Å²) >= 11 is 6.22. The van der Waals surface area contributed by atoms with Crippen LogP contribution < -0.4 is 5.32 Å². The lowest BCUT2D eigenvalue weighted by molar-refractivity contribution is -0.132. The zero-order chi connectivity index (χ0) is 18.2. The molecular weight excluding hydrogens is 336 g/mol. The molecule has 1 N–H and O–H groups in total. The van der Waals surface area contributed by atoms with Crippen molar-refractivity contribution >= 4 is 23.5 Å². The van der Waals surface area contributed by atoms with Gasteiger partial charge >= 0.3 is 0 Å². The molecule has 1 aromatic carbocycles. The molecule has 1 aromatic rings. The number of carbonyl (C=O) groups is 1. The first-order valence-corrected chi connectivity index (χ1v) is 9.32. The van der Waals surface area contributed by atoms with E-state index in [1.54, 1.807) is 7.05 Å². The van der Waals surface area contributed by atoms with Crippen LogP contribution in [0.1, 0.15) is 31.7 Å². The van der Waals surface area contributed by atoms with Gasteiger partial charge in [0.1, 0.15) is 0 Å². The maximum Gasteiger partial charge on any atom is 0.224 e. The van der Waals surface area contributed by atoms with Crippen molar-refractivity contribution in [1.82, 2.24) is 15.1 Å². The van der Waals surface area contributed by atoms with Crippen molar-refractivity contribution < 1.29 is 4.79 Å². The lowest BCUT2D eigenvalue weighted by Crippen LogP contribution is -2.42. The Morgan fingerprint density at radius 1 is 1.44 bits per heavy atom. The first-order valence-electron chi connectivity index (χ1n) is 8.94. The summed E-state index contributed by atoms with van der Waals surface area (Å²) in [5.74, 6) is 1.60. The van der Waals surface area contributed by atoms with Gasteiger partial charge < -0.3 is 15.1 Å². The number of nitrogens with one attached hydrogen (secondary N) is 1. The number of carbonyl (C=O) groups excluding carboxylic acids is 1. The van der Waals surface area contributed by atoms with Gasteiger partial charge in [-0.25, -0.2) is 0 Å². The highest BCUT2D eigenvalue weighted by Crippen LogP contribution is 2.17. The number of hydrogen-bond donors (Lipinski definition) is 1. The minimum Gasteiger partial charge on any atom is -0.356 e. The molecular formula is C19H29ClN4O. The van der Waals surface area contributed by atoms with Gasteiger partial charge in [0.2, 0.25) is 5.91 Å². The summed E-state index contributed by atoms with van der Waals surface area (Å²) in [6, 6.07) is 7.79. The van der Waals surface area contributed by atoms with E-state index >= 15 is 0 Å². The van der Waals surface area contributed by atoms with E-state index in [1.807, 2.05) is 41.1 Å². The molecule has 1 aliphatic heterocycles. The fourth-order valence-corrected chi connectivity index (χ4v) is 3.39. The topological polar surface area (TPSA) is 47.9 Å². The molecule has 0 saturated carbocycles. The molecule has 1 heterocycles. The van der Waals surface area contributed by atoms with E-state index in [2.05, 4.69) is 17.2 Å². The van der Waals surface area contributed by atoms with Gasteiger partial charge in [0, 0.05) is 51.7 Å². The molecule has 0 spiro atoms. The molecule has 25 heavy (non-hydrogen) atoms. The van der Waals surface area contributed by atoms with Gasteiger partial charge in [-0.2, -0.15) is 0 Å². The highest BCUT2D eigenvalue weighted by molar-refractivity contribution is 6.31. The number of aliphatic imine (C=N–C) groups is 1. The molecule has 5 nitrogen and oxygen atoms in total. The van der Waals surface area contributed by atoms with Crippen molar-refractivity contribution in [2.75, 3.05) is 33.7 Å². The average molecular weight is 365 g/mol. The third-order valence-electron chi connectivity index (χ3n) is 4.57. The Morgan fingerprint density at radius 3 is 2.88 bits per heavy atom. The fourth-order valence-electron chi connectivity index (χ4n) is 3.20. The van der Waals surface area contributed by atoms with Crippen molar-refractivity contribution in [3.63, 3.8) is 0 Å². The Labute approximate surface area is 156 Å². The van der Waals surface area contributed by atoms with Crippen molar-refractivity contribution in [2.45, 2.75) is 32.7 Å². The average Bonchev–Trinajstić information content (AvgIpc) is 2.60. The van der Waals surface area contributed by atoms with Crippen molar-refractivity contribution in [3.8, 4) is 0 Å². The highest BCUT2D eigenvalue weighted by atomic mass is 35.5. The summed E-state index contributed by atoms with van der Waals surface area (Å²) < 4.78 is 0. The third-order valence-corrected chi connectivity index (χ3v) is 4.94. The van der Waals surface area contributed by atoms with E-state index in [0.717, 1.165) is 36.1 Å². The van der Waals surface area contributed by atoms with Crippen LogP contribution in [0.15, 0.2) is 29.3 Å².